The third-order valence-electron chi connectivity index (χ3n) is 5.06. The normalized spacial score (nSPS) is 15.9. The van der Waals surface area contributed by atoms with Gasteiger partial charge in [0.15, 0.2) is 0 Å². The van der Waals surface area contributed by atoms with Crippen LogP contribution < -0.4 is 10.1 Å². The molecule has 1 unspecified atom stereocenters. The van der Waals surface area contributed by atoms with Crippen molar-refractivity contribution < 1.29 is 13.9 Å². The number of nitrogens with one attached hydrogen (secondary N) is 2. The summed E-state index contributed by atoms with van der Waals surface area (Å²) in [6.45, 7) is 5.16. The first-order valence-corrected chi connectivity index (χ1v) is 9.56. The Balaban J connectivity index is 1.46. The molecule has 1 saturated heterocycles. The molecule has 2 N–H and O–H groups in total. The molecule has 1 fully saturated rings. The number of hydrogen-bond acceptors (Lipinski definition) is 4. The van der Waals surface area contributed by atoms with Crippen molar-refractivity contribution in [1.29, 1.82) is 0 Å². The average Bonchev–Trinajstić information content (AvgIpc) is 3.43. The minimum atomic E-state index is -0.111. The van der Waals surface area contributed by atoms with Gasteiger partial charge in [-0.3, -0.25) is 9.69 Å². The van der Waals surface area contributed by atoms with E-state index in [1.54, 1.807) is 6.26 Å². The molecule has 0 spiro atoms. The number of hydrogen-bond donors (Lipinski definition) is 2. The van der Waals surface area contributed by atoms with Crippen molar-refractivity contribution >= 4 is 16.8 Å². The Hall–Kier alpha value is -2.73. The molecular weight excluding hydrogens is 342 g/mol. The maximum absolute atomic E-state index is 12.7. The zero-order valence-corrected chi connectivity index (χ0v) is 15.5. The van der Waals surface area contributed by atoms with Crippen LogP contribution in [-0.4, -0.2) is 42.0 Å². The molecule has 1 amide bonds. The second kappa shape index (κ2) is 7.88. The third kappa shape index (κ3) is 3.85. The van der Waals surface area contributed by atoms with Gasteiger partial charge in [-0.05, 0) is 63.2 Å². The van der Waals surface area contributed by atoms with Crippen molar-refractivity contribution in [3.63, 3.8) is 0 Å². The van der Waals surface area contributed by atoms with Gasteiger partial charge in [-0.25, -0.2) is 0 Å². The van der Waals surface area contributed by atoms with Crippen LogP contribution >= 0.6 is 0 Å². The summed E-state index contributed by atoms with van der Waals surface area (Å²) >= 11 is 0. The Morgan fingerprint density at radius 2 is 2.15 bits per heavy atom. The van der Waals surface area contributed by atoms with E-state index in [2.05, 4.69) is 15.2 Å². The fourth-order valence-corrected chi connectivity index (χ4v) is 3.71. The highest BCUT2D eigenvalue weighted by molar-refractivity contribution is 5.98. The molecule has 0 aliphatic carbocycles. The van der Waals surface area contributed by atoms with Crippen molar-refractivity contribution in [3.05, 3.63) is 54.1 Å². The molecule has 4 rings (SSSR count). The van der Waals surface area contributed by atoms with E-state index in [1.807, 2.05) is 43.3 Å². The van der Waals surface area contributed by atoms with Gasteiger partial charge >= 0.3 is 0 Å². The monoisotopic (exact) mass is 367 g/mol. The minimum Gasteiger partial charge on any atom is -0.494 e. The van der Waals surface area contributed by atoms with Crippen LogP contribution in [0.3, 0.4) is 0 Å². The maximum Gasteiger partial charge on any atom is 0.267 e. The quantitative estimate of drug-likeness (QED) is 0.668. The van der Waals surface area contributed by atoms with Gasteiger partial charge < -0.3 is 19.5 Å². The number of H-pyrrole nitrogens is 1. The number of rotatable bonds is 7. The maximum atomic E-state index is 12.7. The molecule has 1 atom stereocenters. The van der Waals surface area contributed by atoms with Crippen molar-refractivity contribution in [2.75, 3.05) is 26.2 Å². The van der Waals surface area contributed by atoms with Crippen LogP contribution in [0, 0.1) is 0 Å². The van der Waals surface area contributed by atoms with Crippen LogP contribution in [0.1, 0.15) is 42.1 Å². The summed E-state index contributed by atoms with van der Waals surface area (Å²) in [7, 11) is 0. The largest absolute Gasteiger partial charge is 0.494 e. The van der Waals surface area contributed by atoms with E-state index in [1.165, 1.54) is 12.8 Å². The van der Waals surface area contributed by atoms with Gasteiger partial charge in [-0.15, -0.1) is 0 Å². The number of likely N-dealkylation sites (tertiary alicyclic amines) is 1. The fraction of sp³-hybridized carbons (Fsp3) is 0.381. The van der Waals surface area contributed by atoms with Crippen molar-refractivity contribution in [2.45, 2.75) is 25.8 Å². The summed E-state index contributed by atoms with van der Waals surface area (Å²) in [5.74, 6) is 1.58. The molecule has 0 bridgehead atoms. The highest BCUT2D eigenvalue weighted by Crippen LogP contribution is 2.25. The first-order chi connectivity index (χ1) is 13.2. The molecular formula is C21H25N3O3. The molecule has 6 heteroatoms. The van der Waals surface area contributed by atoms with Crippen LogP contribution in [0.15, 0.2) is 47.1 Å². The van der Waals surface area contributed by atoms with Crippen molar-refractivity contribution in [1.82, 2.24) is 15.2 Å². The van der Waals surface area contributed by atoms with Gasteiger partial charge in [0.25, 0.3) is 5.91 Å². The van der Waals surface area contributed by atoms with Crippen LogP contribution in [0.4, 0.5) is 0 Å². The van der Waals surface area contributed by atoms with E-state index in [9.17, 15) is 4.79 Å². The lowest BCUT2D eigenvalue weighted by molar-refractivity contribution is 0.0929. The Morgan fingerprint density at radius 1 is 1.30 bits per heavy atom. The van der Waals surface area contributed by atoms with Gasteiger partial charge in [0.1, 0.15) is 17.2 Å². The molecule has 142 valence electrons. The number of carbonyl (C=O) groups is 1. The molecule has 1 aliphatic heterocycles. The zero-order chi connectivity index (χ0) is 18.6. The van der Waals surface area contributed by atoms with Gasteiger partial charge in [-0.2, -0.15) is 0 Å². The molecule has 3 aromatic rings. The van der Waals surface area contributed by atoms with Gasteiger partial charge in [0, 0.05) is 23.5 Å². The average molecular weight is 367 g/mol. The number of benzene rings is 1. The molecule has 1 aromatic carbocycles. The second-order valence-corrected chi connectivity index (χ2v) is 6.85. The topological polar surface area (TPSA) is 70.5 Å². The number of aromatic nitrogens is 1. The molecule has 3 heterocycles. The number of aromatic amines is 1. The van der Waals surface area contributed by atoms with Crippen molar-refractivity contribution in [2.24, 2.45) is 0 Å². The van der Waals surface area contributed by atoms with E-state index in [0.717, 1.165) is 35.5 Å². The van der Waals surface area contributed by atoms with Crippen molar-refractivity contribution in [3.8, 4) is 5.75 Å². The van der Waals surface area contributed by atoms with E-state index < -0.39 is 0 Å². The highest BCUT2D eigenvalue weighted by Gasteiger charge is 2.26. The summed E-state index contributed by atoms with van der Waals surface area (Å²) in [5.41, 5.74) is 1.45. The van der Waals surface area contributed by atoms with E-state index in [-0.39, 0.29) is 11.9 Å². The SMILES string of the molecule is CCOc1ccc2cc(C(=O)NCC(c3ccco3)N3CCCC3)[nH]c2c1. The number of amides is 1. The lowest BCUT2D eigenvalue weighted by atomic mass is 10.2. The minimum absolute atomic E-state index is 0.0698. The zero-order valence-electron chi connectivity index (χ0n) is 15.5. The first kappa shape index (κ1) is 17.7. The number of fused-ring (bicyclic) bond motifs is 1. The van der Waals surface area contributed by atoms with E-state index in [4.69, 9.17) is 9.15 Å². The second-order valence-electron chi connectivity index (χ2n) is 6.85. The van der Waals surface area contributed by atoms with Gasteiger partial charge in [-0.1, -0.05) is 0 Å². The molecule has 0 radical (unpaired) electrons. The summed E-state index contributed by atoms with van der Waals surface area (Å²) in [6.07, 6.45) is 4.07. The lowest BCUT2D eigenvalue weighted by Gasteiger charge is -2.25. The molecule has 6 nitrogen and oxygen atoms in total. The van der Waals surface area contributed by atoms with Crippen LogP contribution in [-0.2, 0) is 0 Å². The number of nitrogens with zero attached hydrogens (tertiary/aromatic N) is 1. The predicted octanol–water partition coefficient (Wildman–Crippen LogP) is 3.73. The van der Waals surface area contributed by atoms with E-state index in [0.29, 0.717) is 18.8 Å². The Morgan fingerprint density at radius 3 is 2.89 bits per heavy atom. The molecule has 2 aromatic heterocycles. The van der Waals surface area contributed by atoms with E-state index >= 15 is 0 Å². The summed E-state index contributed by atoms with van der Waals surface area (Å²) in [6, 6.07) is 11.6. The number of carbonyl (C=O) groups excluding carboxylic acids is 1. The molecule has 1 aliphatic rings. The predicted molar refractivity (Wildman–Crippen MR) is 104 cm³/mol. The summed E-state index contributed by atoms with van der Waals surface area (Å²) in [4.78, 5) is 18.3. The van der Waals surface area contributed by atoms with Crippen LogP contribution in [0.2, 0.25) is 0 Å². The lowest BCUT2D eigenvalue weighted by Crippen LogP contribution is -2.36. The van der Waals surface area contributed by atoms with Crippen LogP contribution in [0.5, 0.6) is 5.75 Å². The molecule has 27 heavy (non-hydrogen) atoms. The Kier molecular flexibility index (Phi) is 5.16. The third-order valence-corrected chi connectivity index (χ3v) is 5.06. The smallest absolute Gasteiger partial charge is 0.267 e. The number of furan rings is 1. The Bertz CT molecular complexity index is 895. The summed E-state index contributed by atoms with van der Waals surface area (Å²) < 4.78 is 11.1. The molecule has 0 saturated carbocycles. The number of ether oxygens (including phenoxy) is 1. The summed E-state index contributed by atoms with van der Waals surface area (Å²) in [5, 5.41) is 4.05. The highest BCUT2D eigenvalue weighted by atomic mass is 16.5. The van der Waals surface area contributed by atoms with Gasteiger partial charge in [0.2, 0.25) is 0 Å². The fourth-order valence-electron chi connectivity index (χ4n) is 3.71. The van der Waals surface area contributed by atoms with Gasteiger partial charge in [0.05, 0.1) is 18.9 Å². The standard InChI is InChI=1S/C21H25N3O3/c1-2-26-16-8-7-15-12-18(23-17(15)13-16)21(25)22-14-19(20-6-5-11-27-20)24-9-3-4-10-24/h5-8,11-13,19,23H,2-4,9-10,14H2,1H3,(H,22,25). The van der Waals surface area contributed by atoms with Crippen LogP contribution in [0.25, 0.3) is 10.9 Å². The Labute approximate surface area is 158 Å². The first-order valence-electron chi connectivity index (χ1n) is 9.56.